The summed E-state index contributed by atoms with van der Waals surface area (Å²) in [6.45, 7) is 2.41. The highest BCUT2D eigenvalue weighted by Gasteiger charge is 2.16. The molecule has 2 heterocycles. The molecule has 16 heavy (non-hydrogen) atoms. The van der Waals surface area contributed by atoms with E-state index in [1.165, 1.54) is 0 Å². The molecule has 0 aromatic carbocycles. The van der Waals surface area contributed by atoms with Gasteiger partial charge in [0, 0.05) is 12.8 Å². The summed E-state index contributed by atoms with van der Waals surface area (Å²) in [5.41, 5.74) is 6.53. The second-order valence-corrected chi connectivity index (χ2v) is 4.31. The quantitative estimate of drug-likeness (QED) is 0.755. The number of hydrogen-bond acceptors (Lipinski definition) is 4. The van der Waals surface area contributed by atoms with Crippen LogP contribution in [-0.4, -0.2) is 34.8 Å². The van der Waals surface area contributed by atoms with Gasteiger partial charge in [0.15, 0.2) is 0 Å². The van der Waals surface area contributed by atoms with Crippen molar-refractivity contribution in [3.63, 3.8) is 0 Å². The van der Waals surface area contributed by atoms with Crippen LogP contribution >= 0.6 is 0 Å². The molecule has 1 aliphatic rings. The van der Waals surface area contributed by atoms with E-state index in [1.807, 2.05) is 4.68 Å². The van der Waals surface area contributed by atoms with Gasteiger partial charge in [-0.05, 0) is 38.6 Å². The van der Waals surface area contributed by atoms with E-state index < -0.39 is 0 Å². The summed E-state index contributed by atoms with van der Waals surface area (Å²) in [7, 11) is 0. The lowest BCUT2D eigenvalue weighted by atomic mass is 10.1. The Kier molecular flexibility index (Phi) is 4.30. The van der Waals surface area contributed by atoms with E-state index in [0.717, 1.165) is 57.6 Å². The Morgan fingerprint density at radius 3 is 3.19 bits per heavy atom. The zero-order valence-electron chi connectivity index (χ0n) is 9.64. The molecule has 1 atom stereocenters. The predicted octanol–water partition coefficient (Wildman–Crippen LogP) is 0.911. The molecule has 1 aromatic heterocycles. The van der Waals surface area contributed by atoms with Crippen molar-refractivity contribution in [2.24, 2.45) is 5.73 Å². The van der Waals surface area contributed by atoms with Crippen molar-refractivity contribution < 1.29 is 4.74 Å². The van der Waals surface area contributed by atoms with Crippen molar-refractivity contribution in [1.29, 1.82) is 0 Å². The van der Waals surface area contributed by atoms with Gasteiger partial charge in [0.2, 0.25) is 0 Å². The SMILES string of the molecule is NCCCCc1cn(C2CCCOC2)nn1. The van der Waals surface area contributed by atoms with Crippen molar-refractivity contribution in [1.82, 2.24) is 15.0 Å². The van der Waals surface area contributed by atoms with Crippen LogP contribution in [0.4, 0.5) is 0 Å². The molecule has 1 fully saturated rings. The highest BCUT2D eigenvalue weighted by atomic mass is 16.5. The van der Waals surface area contributed by atoms with Gasteiger partial charge in [-0.2, -0.15) is 0 Å². The van der Waals surface area contributed by atoms with Gasteiger partial charge in [0.1, 0.15) is 0 Å². The van der Waals surface area contributed by atoms with Crippen LogP contribution in [0.25, 0.3) is 0 Å². The Balaban J connectivity index is 1.85. The molecule has 1 aromatic rings. The molecule has 5 heteroatoms. The van der Waals surface area contributed by atoms with E-state index in [0.29, 0.717) is 6.04 Å². The molecule has 1 aliphatic heterocycles. The van der Waals surface area contributed by atoms with Gasteiger partial charge in [-0.25, -0.2) is 4.68 Å². The fraction of sp³-hybridized carbons (Fsp3) is 0.818. The van der Waals surface area contributed by atoms with Crippen LogP contribution in [0, 0.1) is 0 Å². The first-order chi connectivity index (χ1) is 7.90. The summed E-state index contributed by atoms with van der Waals surface area (Å²) in [6, 6.07) is 0.379. The van der Waals surface area contributed by atoms with Crippen LogP contribution in [0.3, 0.4) is 0 Å². The number of unbranched alkanes of at least 4 members (excludes halogenated alkanes) is 1. The van der Waals surface area contributed by atoms with E-state index in [2.05, 4.69) is 16.5 Å². The van der Waals surface area contributed by atoms with Crippen molar-refractivity contribution in [3.8, 4) is 0 Å². The molecular weight excluding hydrogens is 204 g/mol. The minimum atomic E-state index is 0.379. The average Bonchev–Trinajstić information content (AvgIpc) is 2.79. The molecule has 1 unspecified atom stereocenters. The van der Waals surface area contributed by atoms with E-state index in [1.54, 1.807) is 0 Å². The van der Waals surface area contributed by atoms with Gasteiger partial charge < -0.3 is 10.5 Å². The Morgan fingerprint density at radius 1 is 1.50 bits per heavy atom. The lowest BCUT2D eigenvalue weighted by Gasteiger charge is -2.21. The van der Waals surface area contributed by atoms with E-state index in [-0.39, 0.29) is 0 Å². The van der Waals surface area contributed by atoms with Crippen LogP contribution < -0.4 is 5.73 Å². The third-order valence-corrected chi connectivity index (χ3v) is 2.96. The first kappa shape index (κ1) is 11.5. The molecule has 0 radical (unpaired) electrons. The van der Waals surface area contributed by atoms with Gasteiger partial charge in [-0.1, -0.05) is 5.21 Å². The Morgan fingerprint density at radius 2 is 2.44 bits per heavy atom. The fourth-order valence-corrected chi connectivity index (χ4v) is 1.99. The average molecular weight is 224 g/mol. The number of aromatic nitrogens is 3. The van der Waals surface area contributed by atoms with Crippen LogP contribution in [0.2, 0.25) is 0 Å². The maximum atomic E-state index is 5.46. The minimum Gasteiger partial charge on any atom is -0.379 e. The molecular formula is C11H20N4O. The summed E-state index contributed by atoms with van der Waals surface area (Å²) in [6.07, 6.45) is 7.44. The van der Waals surface area contributed by atoms with Crippen molar-refractivity contribution in [2.45, 2.75) is 38.1 Å². The molecule has 0 saturated carbocycles. The molecule has 0 spiro atoms. The van der Waals surface area contributed by atoms with E-state index >= 15 is 0 Å². The number of hydrogen-bond donors (Lipinski definition) is 1. The Labute approximate surface area is 96.0 Å². The molecule has 0 amide bonds. The molecule has 0 aliphatic carbocycles. The number of aryl methyl sites for hydroxylation is 1. The smallest absolute Gasteiger partial charge is 0.0827 e. The highest BCUT2D eigenvalue weighted by Crippen LogP contribution is 2.18. The first-order valence-electron chi connectivity index (χ1n) is 6.08. The largest absolute Gasteiger partial charge is 0.379 e. The molecule has 0 bridgehead atoms. The molecule has 2 N–H and O–H groups in total. The van der Waals surface area contributed by atoms with E-state index in [4.69, 9.17) is 10.5 Å². The molecule has 5 nitrogen and oxygen atoms in total. The predicted molar refractivity (Wildman–Crippen MR) is 61.1 cm³/mol. The summed E-state index contributed by atoms with van der Waals surface area (Å²) in [4.78, 5) is 0. The number of nitrogens with two attached hydrogens (primary N) is 1. The first-order valence-corrected chi connectivity index (χ1v) is 6.08. The monoisotopic (exact) mass is 224 g/mol. The Hall–Kier alpha value is -0.940. The van der Waals surface area contributed by atoms with Gasteiger partial charge in [-0.3, -0.25) is 0 Å². The summed E-state index contributed by atoms with van der Waals surface area (Å²) < 4.78 is 7.39. The zero-order chi connectivity index (χ0) is 11.2. The van der Waals surface area contributed by atoms with Gasteiger partial charge >= 0.3 is 0 Å². The van der Waals surface area contributed by atoms with Crippen LogP contribution in [0.5, 0.6) is 0 Å². The maximum Gasteiger partial charge on any atom is 0.0827 e. The second-order valence-electron chi connectivity index (χ2n) is 4.31. The molecule has 90 valence electrons. The van der Waals surface area contributed by atoms with E-state index in [9.17, 15) is 0 Å². The van der Waals surface area contributed by atoms with Crippen molar-refractivity contribution >= 4 is 0 Å². The zero-order valence-corrected chi connectivity index (χ0v) is 9.64. The van der Waals surface area contributed by atoms with Crippen molar-refractivity contribution in [2.75, 3.05) is 19.8 Å². The normalized spacial score (nSPS) is 21.2. The maximum absolute atomic E-state index is 5.46. The standard InChI is InChI=1S/C11H20N4O/c12-6-2-1-4-10-8-15(14-13-10)11-5-3-7-16-9-11/h8,11H,1-7,9,12H2. The fourth-order valence-electron chi connectivity index (χ4n) is 1.99. The molecule has 2 rings (SSSR count). The highest BCUT2D eigenvalue weighted by molar-refractivity contribution is 4.93. The van der Waals surface area contributed by atoms with Crippen LogP contribution in [0.1, 0.15) is 37.4 Å². The summed E-state index contributed by atoms with van der Waals surface area (Å²) >= 11 is 0. The summed E-state index contributed by atoms with van der Waals surface area (Å²) in [5, 5.41) is 8.35. The van der Waals surface area contributed by atoms with Gasteiger partial charge in [0.25, 0.3) is 0 Å². The van der Waals surface area contributed by atoms with Gasteiger partial charge in [-0.15, -0.1) is 5.10 Å². The minimum absolute atomic E-state index is 0.379. The lowest BCUT2D eigenvalue weighted by molar-refractivity contribution is 0.0543. The number of ether oxygens (including phenoxy) is 1. The third-order valence-electron chi connectivity index (χ3n) is 2.96. The second kappa shape index (κ2) is 5.96. The molecule has 1 saturated heterocycles. The lowest BCUT2D eigenvalue weighted by Crippen LogP contribution is -2.21. The van der Waals surface area contributed by atoms with Crippen LogP contribution in [-0.2, 0) is 11.2 Å². The Bertz CT molecular complexity index is 307. The third kappa shape index (κ3) is 3.02. The topological polar surface area (TPSA) is 66.0 Å². The number of rotatable bonds is 5. The number of nitrogens with zero attached hydrogens (tertiary/aromatic N) is 3. The van der Waals surface area contributed by atoms with Crippen molar-refractivity contribution in [3.05, 3.63) is 11.9 Å². The van der Waals surface area contributed by atoms with Crippen LogP contribution in [0.15, 0.2) is 6.20 Å². The summed E-state index contributed by atoms with van der Waals surface area (Å²) in [5.74, 6) is 0. The van der Waals surface area contributed by atoms with Gasteiger partial charge in [0.05, 0.1) is 18.3 Å².